The van der Waals surface area contributed by atoms with Crippen molar-refractivity contribution < 1.29 is 9.78 Å². The second-order valence-electron chi connectivity index (χ2n) is 1.76. The van der Waals surface area contributed by atoms with Gasteiger partial charge in [0, 0.05) is 6.42 Å². The minimum absolute atomic E-state index is 0. The Labute approximate surface area is 66.9 Å². The third-order valence-electron chi connectivity index (χ3n) is 1.03. The normalized spacial score (nSPS) is 17.6. The van der Waals surface area contributed by atoms with E-state index in [2.05, 4.69) is 16.7 Å². The van der Waals surface area contributed by atoms with Crippen LogP contribution in [0.1, 0.15) is 26.2 Å². The Hall–Kier alpha value is 0.738. The van der Waals surface area contributed by atoms with Gasteiger partial charge < -0.3 is 0 Å². The van der Waals surface area contributed by atoms with E-state index in [1.165, 1.54) is 12.8 Å². The molecule has 3 heteroatoms. The van der Waals surface area contributed by atoms with E-state index >= 15 is 0 Å². The number of unbranched alkanes of at least 4 members (excludes halogenated alkanes) is 1. The van der Waals surface area contributed by atoms with Gasteiger partial charge in [0.2, 0.25) is 6.29 Å². The number of hydrogen-bond donors (Lipinski definition) is 0. The predicted octanol–water partition coefficient (Wildman–Crippen LogP) is 0.281. The van der Waals surface area contributed by atoms with Crippen LogP contribution in [0.4, 0.5) is 0 Å². The molecule has 0 amide bonds. The average molecular weight is 227 g/mol. The monoisotopic (exact) mass is 226 g/mol. The van der Waals surface area contributed by atoms with Crippen molar-refractivity contribution in [2.24, 2.45) is 0 Å². The Morgan fingerprint density at radius 3 is 2.38 bits per heavy atom. The van der Waals surface area contributed by atoms with Crippen LogP contribution < -0.4 is 0 Å². The van der Waals surface area contributed by atoms with Crippen LogP contribution in [0.2, 0.25) is 0 Å². The van der Waals surface area contributed by atoms with Crippen LogP contribution >= 0.6 is 0 Å². The van der Waals surface area contributed by atoms with E-state index in [0.717, 1.165) is 6.42 Å². The summed E-state index contributed by atoms with van der Waals surface area (Å²) in [6, 6.07) is 0. The molecule has 0 radical (unpaired) electrons. The van der Waals surface area contributed by atoms with E-state index in [0.29, 0.717) is 0 Å². The molecule has 0 aromatic heterocycles. The van der Waals surface area contributed by atoms with Gasteiger partial charge in [-0.1, -0.05) is 13.3 Å². The van der Waals surface area contributed by atoms with Crippen LogP contribution in [-0.4, -0.2) is 30.7 Å². The summed E-state index contributed by atoms with van der Waals surface area (Å²) in [6.07, 6.45) is 3.66. The van der Waals surface area contributed by atoms with Gasteiger partial charge in [0.1, 0.15) is 0 Å². The average Bonchev–Trinajstić information content (AvgIpc) is 2.42. The quantitative estimate of drug-likeness (QED) is 0.393. The van der Waals surface area contributed by atoms with Crippen molar-refractivity contribution in [2.75, 3.05) is 0 Å². The van der Waals surface area contributed by atoms with E-state index in [1.807, 2.05) is 0 Å². The Bertz CT molecular complexity index is 54.4. The first-order valence-electron chi connectivity index (χ1n) is 2.75. The molecule has 0 aliphatic carbocycles. The van der Waals surface area contributed by atoms with Crippen molar-refractivity contribution in [3.05, 3.63) is 0 Å². The molecule has 0 unspecified atom stereocenters. The van der Waals surface area contributed by atoms with Crippen molar-refractivity contribution in [1.29, 1.82) is 0 Å². The van der Waals surface area contributed by atoms with Crippen molar-refractivity contribution in [3.63, 3.8) is 0 Å². The first kappa shape index (κ1) is 8.74. The standard InChI is InChI=1S/C5H10O2.Sb.3H/c1-2-3-4-5-6-7-5;;;;/h5H,2-4H2,1H3;;;;. The second-order valence-corrected chi connectivity index (χ2v) is 1.76. The van der Waals surface area contributed by atoms with Gasteiger partial charge >= 0.3 is 24.4 Å². The molecule has 1 saturated heterocycles. The molecule has 1 rings (SSSR count). The summed E-state index contributed by atoms with van der Waals surface area (Å²) in [4.78, 5) is 9.02. The van der Waals surface area contributed by atoms with E-state index in [9.17, 15) is 0 Å². The Kier molecular flexibility index (Phi) is 5.03. The van der Waals surface area contributed by atoms with Crippen LogP contribution in [0.25, 0.3) is 0 Å². The fourth-order valence-corrected chi connectivity index (χ4v) is 0.506. The summed E-state index contributed by atoms with van der Waals surface area (Å²) >= 11 is 0. The van der Waals surface area contributed by atoms with Gasteiger partial charge in [-0.2, -0.15) is 9.78 Å². The Morgan fingerprint density at radius 2 is 2.00 bits per heavy atom. The molecule has 0 aromatic rings. The fraction of sp³-hybridized carbons (Fsp3) is 1.00. The predicted molar refractivity (Wildman–Crippen MR) is 35.4 cm³/mol. The van der Waals surface area contributed by atoms with Crippen molar-refractivity contribution in [2.45, 2.75) is 32.5 Å². The van der Waals surface area contributed by atoms with Crippen LogP contribution in [-0.2, 0) is 9.78 Å². The summed E-state index contributed by atoms with van der Waals surface area (Å²) in [5.74, 6) is 0. The molecule has 2 nitrogen and oxygen atoms in total. The molecule has 1 fully saturated rings. The van der Waals surface area contributed by atoms with Crippen molar-refractivity contribution in [3.8, 4) is 0 Å². The zero-order chi connectivity index (χ0) is 5.11. The fourth-order valence-electron chi connectivity index (χ4n) is 0.506. The third kappa shape index (κ3) is 3.71. The maximum atomic E-state index is 4.51. The SMILES string of the molecule is CCCCC1OO1.[SbH3]. The zero-order valence-electron chi connectivity index (χ0n) is 5.22. The molecule has 0 atom stereocenters. The van der Waals surface area contributed by atoms with Crippen molar-refractivity contribution >= 4 is 24.4 Å². The number of hydrogen-bond acceptors (Lipinski definition) is 2. The molecule has 0 N–H and O–H groups in total. The van der Waals surface area contributed by atoms with Crippen LogP contribution in [0, 0.1) is 0 Å². The summed E-state index contributed by atoms with van der Waals surface area (Å²) < 4.78 is 0. The molecule has 0 bridgehead atoms. The van der Waals surface area contributed by atoms with E-state index in [-0.39, 0.29) is 30.7 Å². The van der Waals surface area contributed by atoms with Crippen LogP contribution in [0.5, 0.6) is 0 Å². The molecule has 50 valence electrons. The molecule has 8 heavy (non-hydrogen) atoms. The van der Waals surface area contributed by atoms with Gasteiger partial charge in [0.15, 0.2) is 0 Å². The van der Waals surface area contributed by atoms with Gasteiger partial charge in [-0.3, -0.25) is 0 Å². The van der Waals surface area contributed by atoms with E-state index in [4.69, 9.17) is 0 Å². The van der Waals surface area contributed by atoms with Crippen molar-refractivity contribution in [1.82, 2.24) is 0 Å². The zero-order valence-corrected chi connectivity index (χ0v) is 9.26. The Morgan fingerprint density at radius 1 is 1.38 bits per heavy atom. The molecule has 1 aliphatic rings. The summed E-state index contributed by atoms with van der Waals surface area (Å²) in [5, 5.41) is 0. The summed E-state index contributed by atoms with van der Waals surface area (Å²) in [6.45, 7) is 2.16. The number of rotatable bonds is 3. The topological polar surface area (TPSA) is 25.1 Å². The molecule has 0 aromatic carbocycles. The molecule has 1 heterocycles. The van der Waals surface area contributed by atoms with E-state index in [1.54, 1.807) is 0 Å². The molecular formula is C5H13O2Sb. The molecule has 1 aliphatic heterocycles. The van der Waals surface area contributed by atoms with Gasteiger partial charge in [0.25, 0.3) is 0 Å². The third-order valence-corrected chi connectivity index (χ3v) is 1.03. The molecular weight excluding hydrogens is 214 g/mol. The van der Waals surface area contributed by atoms with Gasteiger partial charge in [-0.15, -0.1) is 0 Å². The van der Waals surface area contributed by atoms with Gasteiger partial charge in [-0.25, -0.2) is 0 Å². The second kappa shape index (κ2) is 4.60. The van der Waals surface area contributed by atoms with E-state index < -0.39 is 0 Å². The van der Waals surface area contributed by atoms with Gasteiger partial charge in [0.05, 0.1) is 0 Å². The Balaban J connectivity index is 0.000000490. The first-order chi connectivity index (χ1) is 3.43. The summed E-state index contributed by atoms with van der Waals surface area (Å²) in [5.41, 5.74) is 0. The maximum absolute atomic E-state index is 4.51. The van der Waals surface area contributed by atoms with Crippen LogP contribution in [0.3, 0.4) is 0 Å². The molecule has 0 saturated carbocycles. The van der Waals surface area contributed by atoms with Gasteiger partial charge in [-0.05, 0) is 6.42 Å². The summed E-state index contributed by atoms with van der Waals surface area (Å²) in [7, 11) is 0. The minimum atomic E-state index is 0. The first-order valence-corrected chi connectivity index (χ1v) is 2.75. The van der Waals surface area contributed by atoms with Crippen LogP contribution in [0.15, 0.2) is 0 Å². The molecule has 0 spiro atoms.